The monoisotopic (exact) mass is 387 g/mol. The Labute approximate surface area is 160 Å². The van der Waals surface area contributed by atoms with Crippen LogP contribution in [-0.4, -0.2) is 42.9 Å². The largest absolute Gasteiger partial charge is 0.384 e. The van der Waals surface area contributed by atoms with Gasteiger partial charge in [-0.05, 0) is 42.7 Å². The number of anilines is 1. The van der Waals surface area contributed by atoms with E-state index >= 15 is 0 Å². The Morgan fingerprint density at radius 3 is 2.74 bits per heavy atom. The lowest BCUT2D eigenvalue weighted by Gasteiger charge is -2.39. The van der Waals surface area contributed by atoms with Crippen molar-refractivity contribution in [2.75, 3.05) is 18.8 Å². The van der Waals surface area contributed by atoms with Gasteiger partial charge in [-0.15, -0.1) is 0 Å². The molecule has 7 nitrogen and oxygen atoms in total. The topological polar surface area (TPSA) is 100 Å². The molecule has 8 heteroatoms. The summed E-state index contributed by atoms with van der Waals surface area (Å²) in [6, 6.07) is 12.4. The number of aromatic nitrogens is 1. The van der Waals surface area contributed by atoms with Gasteiger partial charge in [0, 0.05) is 37.3 Å². The number of rotatable bonds is 4. The molecule has 0 bridgehead atoms. The molecule has 2 saturated heterocycles. The number of nitrogen functional groups attached to an aromatic ring is 1. The molecule has 3 heterocycles. The fourth-order valence-electron chi connectivity index (χ4n) is 4.22. The van der Waals surface area contributed by atoms with Gasteiger partial charge in [-0.3, -0.25) is 10.9 Å². The first-order valence-corrected chi connectivity index (χ1v) is 10.8. The summed E-state index contributed by atoms with van der Waals surface area (Å²) < 4.78 is 28.3. The number of piperidine rings is 1. The molecule has 2 fully saturated rings. The second-order valence-corrected chi connectivity index (χ2v) is 9.05. The molecule has 27 heavy (non-hydrogen) atoms. The van der Waals surface area contributed by atoms with Gasteiger partial charge in [0.2, 0.25) is 10.0 Å². The lowest BCUT2D eigenvalue weighted by atomic mass is 9.86. The quantitative estimate of drug-likeness (QED) is 0.735. The van der Waals surface area contributed by atoms with E-state index in [1.54, 1.807) is 34.8 Å². The molecule has 144 valence electrons. The molecule has 1 aromatic heterocycles. The SMILES string of the molecule is Nc1cc(C2CNNC2C2CCCCN2S(=O)(=O)c2ccccc2)ccn1. The molecule has 1 aromatic carbocycles. The van der Waals surface area contributed by atoms with Crippen molar-refractivity contribution in [1.29, 1.82) is 0 Å². The fourth-order valence-corrected chi connectivity index (χ4v) is 5.95. The van der Waals surface area contributed by atoms with Gasteiger partial charge < -0.3 is 5.73 Å². The molecule has 3 unspecified atom stereocenters. The van der Waals surface area contributed by atoms with Crippen LogP contribution in [0, 0.1) is 0 Å². The Hall–Kier alpha value is -2.00. The number of nitrogens with zero attached hydrogens (tertiary/aromatic N) is 2. The molecule has 0 amide bonds. The third kappa shape index (κ3) is 3.58. The summed E-state index contributed by atoms with van der Waals surface area (Å²) in [6.45, 7) is 1.27. The molecule has 0 aliphatic carbocycles. The first kappa shape index (κ1) is 18.4. The highest BCUT2D eigenvalue weighted by molar-refractivity contribution is 7.89. The van der Waals surface area contributed by atoms with Crippen molar-refractivity contribution < 1.29 is 8.42 Å². The van der Waals surface area contributed by atoms with E-state index in [0.29, 0.717) is 17.3 Å². The molecule has 2 aliphatic heterocycles. The van der Waals surface area contributed by atoms with Crippen LogP contribution < -0.4 is 16.6 Å². The van der Waals surface area contributed by atoms with Crippen molar-refractivity contribution in [2.24, 2.45) is 0 Å². The second kappa shape index (κ2) is 7.55. The van der Waals surface area contributed by atoms with E-state index in [0.717, 1.165) is 31.4 Å². The molecular formula is C19H25N5O2S. The number of hydrogen-bond acceptors (Lipinski definition) is 6. The van der Waals surface area contributed by atoms with Crippen molar-refractivity contribution in [1.82, 2.24) is 20.1 Å². The van der Waals surface area contributed by atoms with Gasteiger partial charge in [0.05, 0.1) is 4.90 Å². The van der Waals surface area contributed by atoms with Gasteiger partial charge in [0.25, 0.3) is 0 Å². The Balaban J connectivity index is 1.66. The molecular weight excluding hydrogens is 362 g/mol. The summed E-state index contributed by atoms with van der Waals surface area (Å²) in [4.78, 5) is 4.43. The highest BCUT2D eigenvalue weighted by Gasteiger charge is 2.43. The van der Waals surface area contributed by atoms with Crippen LogP contribution in [0.25, 0.3) is 0 Å². The zero-order chi connectivity index (χ0) is 18.9. The zero-order valence-corrected chi connectivity index (χ0v) is 15.9. The Morgan fingerprint density at radius 1 is 1.15 bits per heavy atom. The van der Waals surface area contributed by atoms with Gasteiger partial charge >= 0.3 is 0 Å². The van der Waals surface area contributed by atoms with E-state index < -0.39 is 10.0 Å². The summed E-state index contributed by atoms with van der Waals surface area (Å²) in [6.07, 6.45) is 4.45. The van der Waals surface area contributed by atoms with Crippen molar-refractivity contribution in [2.45, 2.75) is 42.2 Å². The average Bonchev–Trinajstić information content (AvgIpc) is 3.18. The van der Waals surface area contributed by atoms with Gasteiger partial charge in [0.1, 0.15) is 5.82 Å². The summed E-state index contributed by atoms with van der Waals surface area (Å²) in [5.41, 5.74) is 13.5. The van der Waals surface area contributed by atoms with Crippen LogP contribution in [0.5, 0.6) is 0 Å². The molecule has 2 aliphatic rings. The number of benzene rings is 1. The van der Waals surface area contributed by atoms with Crippen LogP contribution in [0.15, 0.2) is 53.6 Å². The minimum Gasteiger partial charge on any atom is -0.384 e. The minimum absolute atomic E-state index is 0.0226. The lowest BCUT2D eigenvalue weighted by Crippen LogP contribution is -2.54. The fraction of sp³-hybridized carbons (Fsp3) is 0.421. The predicted octanol–water partition coefficient (Wildman–Crippen LogP) is 1.47. The standard InChI is InChI=1S/C19H25N5O2S/c20-18-12-14(9-10-21-18)16-13-22-23-19(16)17-8-4-5-11-24(17)27(25,26)15-6-2-1-3-7-15/h1-3,6-7,9-10,12,16-17,19,22-23H,4-5,8,11,13H2,(H2,20,21). The Kier molecular flexibility index (Phi) is 5.14. The van der Waals surface area contributed by atoms with E-state index in [9.17, 15) is 8.42 Å². The summed E-state index contributed by atoms with van der Waals surface area (Å²) in [5.74, 6) is 0.613. The van der Waals surface area contributed by atoms with Crippen LogP contribution in [0.4, 0.5) is 5.82 Å². The van der Waals surface area contributed by atoms with Crippen LogP contribution in [0.2, 0.25) is 0 Å². The maximum atomic E-state index is 13.3. The van der Waals surface area contributed by atoms with Crippen LogP contribution in [0.3, 0.4) is 0 Å². The number of hydrazine groups is 1. The maximum absolute atomic E-state index is 13.3. The van der Waals surface area contributed by atoms with E-state index in [-0.39, 0.29) is 18.0 Å². The number of sulfonamides is 1. The predicted molar refractivity (Wildman–Crippen MR) is 104 cm³/mol. The van der Waals surface area contributed by atoms with E-state index in [2.05, 4.69) is 15.8 Å². The average molecular weight is 388 g/mol. The molecule has 0 radical (unpaired) electrons. The number of hydrogen-bond donors (Lipinski definition) is 3. The van der Waals surface area contributed by atoms with E-state index in [1.165, 1.54) is 0 Å². The molecule has 4 N–H and O–H groups in total. The van der Waals surface area contributed by atoms with Crippen molar-refractivity contribution in [3.05, 3.63) is 54.2 Å². The molecule has 0 spiro atoms. The Bertz CT molecular complexity index is 890. The normalized spacial score (nSPS) is 26.9. The highest BCUT2D eigenvalue weighted by Crippen LogP contribution is 2.34. The van der Waals surface area contributed by atoms with Crippen molar-refractivity contribution >= 4 is 15.8 Å². The minimum atomic E-state index is -3.53. The molecule has 4 rings (SSSR count). The van der Waals surface area contributed by atoms with Gasteiger partial charge in [0.15, 0.2) is 0 Å². The van der Waals surface area contributed by atoms with Gasteiger partial charge in [-0.25, -0.2) is 13.4 Å². The summed E-state index contributed by atoms with van der Waals surface area (Å²) in [5, 5.41) is 0. The Morgan fingerprint density at radius 2 is 1.96 bits per heavy atom. The zero-order valence-electron chi connectivity index (χ0n) is 15.1. The van der Waals surface area contributed by atoms with Crippen molar-refractivity contribution in [3.63, 3.8) is 0 Å². The van der Waals surface area contributed by atoms with E-state index in [4.69, 9.17) is 5.73 Å². The molecule has 3 atom stereocenters. The maximum Gasteiger partial charge on any atom is 0.243 e. The van der Waals surface area contributed by atoms with Crippen LogP contribution in [0.1, 0.15) is 30.7 Å². The first-order chi connectivity index (χ1) is 13.1. The molecule has 2 aromatic rings. The van der Waals surface area contributed by atoms with Crippen LogP contribution >= 0.6 is 0 Å². The highest BCUT2D eigenvalue weighted by atomic mass is 32.2. The first-order valence-electron chi connectivity index (χ1n) is 9.34. The van der Waals surface area contributed by atoms with Crippen molar-refractivity contribution in [3.8, 4) is 0 Å². The van der Waals surface area contributed by atoms with E-state index in [1.807, 2.05) is 18.2 Å². The van der Waals surface area contributed by atoms with Gasteiger partial charge in [-0.2, -0.15) is 4.31 Å². The third-order valence-electron chi connectivity index (χ3n) is 5.52. The number of pyridine rings is 1. The second-order valence-electron chi connectivity index (χ2n) is 7.16. The number of nitrogens with two attached hydrogens (primary N) is 1. The molecule has 0 saturated carbocycles. The number of nitrogens with one attached hydrogen (secondary N) is 2. The van der Waals surface area contributed by atoms with Gasteiger partial charge in [-0.1, -0.05) is 24.6 Å². The lowest BCUT2D eigenvalue weighted by molar-refractivity contribution is 0.200. The summed E-state index contributed by atoms with van der Waals surface area (Å²) in [7, 11) is -3.53. The van der Waals surface area contributed by atoms with Crippen LogP contribution in [-0.2, 0) is 10.0 Å². The summed E-state index contributed by atoms with van der Waals surface area (Å²) >= 11 is 0. The smallest absolute Gasteiger partial charge is 0.243 e. The third-order valence-corrected chi connectivity index (χ3v) is 7.46.